The minimum atomic E-state index is 0.603. The largest absolute Gasteiger partial charge is 0.263 e. The Hall–Kier alpha value is -6.89. The molecule has 2 heterocycles. The van der Waals surface area contributed by atoms with Crippen molar-refractivity contribution in [2.45, 2.75) is 0 Å². The third-order valence-electron chi connectivity index (χ3n) is 9.20. The van der Waals surface area contributed by atoms with Crippen molar-refractivity contribution in [3.8, 4) is 67.3 Å². The van der Waals surface area contributed by atoms with Crippen molar-refractivity contribution < 1.29 is 0 Å². The molecule has 0 N–H and O–H groups in total. The average Bonchev–Trinajstić information content (AvgIpc) is 3.21. The molecule has 0 radical (unpaired) electrons. The van der Waals surface area contributed by atoms with Gasteiger partial charge in [-0.2, -0.15) is 0 Å². The van der Waals surface area contributed by atoms with Crippen LogP contribution in [0.2, 0.25) is 0 Å². The van der Waals surface area contributed by atoms with Crippen LogP contribution in [0, 0.1) is 12.1 Å². The highest BCUT2D eigenvalue weighted by Gasteiger charge is 2.13. The maximum absolute atomic E-state index is 5.11. The van der Waals surface area contributed by atoms with Gasteiger partial charge in [0.15, 0.2) is 5.82 Å². The number of fused-ring (bicyclic) bond motifs is 2. The van der Waals surface area contributed by atoms with Crippen LogP contribution in [-0.4, -0.2) is 15.0 Å². The number of hydrogen-bond donors (Lipinski definition) is 0. The molecule has 0 saturated carbocycles. The van der Waals surface area contributed by atoms with E-state index in [1.54, 1.807) is 0 Å². The van der Waals surface area contributed by atoms with E-state index >= 15 is 0 Å². The molecule has 3 heteroatoms. The fourth-order valence-electron chi connectivity index (χ4n) is 6.56. The summed E-state index contributed by atoms with van der Waals surface area (Å²) in [6.45, 7) is 0. The fourth-order valence-corrected chi connectivity index (χ4v) is 6.56. The first-order chi connectivity index (χ1) is 24.7. The molecule has 0 unspecified atom stereocenters. The molecule has 50 heavy (non-hydrogen) atoms. The standard InChI is InChI=1S/C47H29N3/c1-2-9-32(10-3-1)39-14-8-15-41(28-39)46-29-45(36-22-20-35(21-23-36)44-31-48-30-42-13-6-7-16-43(42)44)49-47(50-46)37-24-17-34(18-25-37)40-26-19-33-11-4-5-12-38(33)27-40/h1-17,19-24,26-31H. The number of aromatic nitrogens is 3. The van der Waals surface area contributed by atoms with Crippen LogP contribution in [0.4, 0.5) is 0 Å². The predicted molar refractivity (Wildman–Crippen MR) is 205 cm³/mol. The summed E-state index contributed by atoms with van der Waals surface area (Å²) < 4.78 is 0. The van der Waals surface area contributed by atoms with E-state index in [1.165, 1.54) is 16.2 Å². The Balaban J connectivity index is 1.13. The summed E-state index contributed by atoms with van der Waals surface area (Å²) in [7, 11) is 0. The summed E-state index contributed by atoms with van der Waals surface area (Å²) in [5.74, 6) is 0.603. The van der Waals surface area contributed by atoms with Crippen molar-refractivity contribution >= 4 is 21.5 Å². The van der Waals surface area contributed by atoms with Gasteiger partial charge in [0.1, 0.15) is 0 Å². The molecule has 9 aromatic rings. The number of pyridine rings is 1. The van der Waals surface area contributed by atoms with Gasteiger partial charge in [0.25, 0.3) is 0 Å². The number of rotatable bonds is 6. The van der Waals surface area contributed by atoms with E-state index in [4.69, 9.17) is 9.97 Å². The second-order valence-electron chi connectivity index (χ2n) is 12.4. The van der Waals surface area contributed by atoms with Crippen LogP contribution in [0.5, 0.6) is 0 Å². The molecular weight excluding hydrogens is 607 g/mol. The van der Waals surface area contributed by atoms with Crippen LogP contribution < -0.4 is 0 Å². The van der Waals surface area contributed by atoms with Gasteiger partial charge in [-0.1, -0.05) is 146 Å². The van der Waals surface area contributed by atoms with Crippen molar-refractivity contribution in [3.63, 3.8) is 0 Å². The van der Waals surface area contributed by atoms with Crippen molar-refractivity contribution in [2.24, 2.45) is 0 Å². The van der Waals surface area contributed by atoms with E-state index in [9.17, 15) is 0 Å². The predicted octanol–water partition coefficient (Wildman–Crippen LogP) is 11.8. The van der Waals surface area contributed by atoms with Crippen LogP contribution in [0.15, 0.2) is 176 Å². The molecule has 0 aliphatic carbocycles. The zero-order chi connectivity index (χ0) is 33.3. The van der Waals surface area contributed by atoms with Crippen LogP contribution >= 0.6 is 0 Å². The average molecular weight is 636 g/mol. The Morgan fingerprint density at radius 1 is 0.360 bits per heavy atom. The maximum Gasteiger partial charge on any atom is 0.168 e. The third-order valence-corrected chi connectivity index (χ3v) is 9.20. The number of nitrogens with zero attached hydrogens (tertiary/aromatic N) is 3. The molecule has 0 saturated heterocycles. The van der Waals surface area contributed by atoms with Gasteiger partial charge in [-0.25, -0.2) is 9.97 Å². The van der Waals surface area contributed by atoms with E-state index in [0.29, 0.717) is 5.82 Å². The molecule has 232 valence electrons. The maximum atomic E-state index is 5.11. The lowest BCUT2D eigenvalue weighted by Crippen LogP contribution is -1.96. The topological polar surface area (TPSA) is 38.7 Å². The minimum absolute atomic E-state index is 0.603. The van der Waals surface area contributed by atoms with Crippen molar-refractivity contribution in [3.05, 3.63) is 188 Å². The fraction of sp³-hybridized carbons (Fsp3) is 0. The summed E-state index contributed by atoms with van der Waals surface area (Å²) in [6.07, 6.45) is 3.85. The zero-order valence-electron chi connectivity index (χ0n) is 27.1. The Labute approximate surface area is 291 Å². The summed E-state index contributed by atoms with van der Waals surface area (Å²) in [4.78, 5) is 14.7. The van der Waals surface area contributed by atoms with E-state index in [0.717, 1.165) is 66.8 Å². The smallest absolute Gasteiger partial charge is 0.168 e. The van der Waals surface area contributed by atoms with Gasteiger partial charge in [-0.05, 0) is 68.7 Å². The molecule has 0 bridgehead atoms. The molecule has 9 rings (SSSR count). The molecular formula is C47H29N3. The van der Waals surface area contributed by atoms with Gasteiger partial charge in [0, 0.05) is 40.0 Å². The van der Waals surface area contributed by atoms with Gasteiger partial charge in [-0.15, -0.1) is 0 Å². The summed E-state index contributed by atoms with van der Waals surface area (Å²) in [5.41, 5.74) is 11.1. The monoisotopic (exact) mass is 635 g/mol. The highest BCUT2D eigenvalue weighted by molar-refractivity contribution is 5.96. The second kappa shape index (κ2) is 12.6. The van der Waals surface area contributed by atoms with Gasteiger partial charge in [-0.3, -0.25) is 4.98 Å². The van der Waals surface area contributed by atoms with Crippen molar-refractivity contribution in [1.29, 1.82) is 0 Å². The number of benzene rings is 6. The highest BCUT2D eigenvalue weighted by atomic mass is 14.9. The molecule has 0 spiro atoms. The lowest BCUT2D eigenvalue weighted by Gasteiger charge is -2.11. The first kappa shape index (κ1) is 29.3. The van der Waals surface area contributed by atoms with E-state index in [1.807, 2.05) is 30.6 Å². The molecule has 2 aromatic heterocycles. The van der Waals surface area contributed by atoms with E-state index < -0.39 is 0 Å². The van der Waals surface area contributed by atoms with Crippen LogP contribution in [0.1, 0.15) is 0 Å². The van der Waals surface area contributed by atoms with Gasteiger partial charge >= 0.3 is 0 Å². The lowest BCUT2D eigenvalue weighted by molar-refractivity contribution is 1.18. The normalized spacial score (nSPS) is 11.0. The minimum Gasteiger partial charge on any atom is -0.263 e. The molecule has 0 amide bonds. The van der Waals surface area contributed by atoms with Crippen LogP contribution in [0.25, 0.3) is 88.8 Å². The first-order valence-corrected chi connectivity index (χ1v) is 16.7. The summed E-state index contributed by atoms with van der Waals surface area (Å²) >= 11 is 0. The van der Waals surface area contributed by atoms with Gasteiger partial charge in [0.05, 0.1) is 17.0 Å². The highest BCUT2D eigenvalue weighted by Crippen LogP contribution is 2.33. The van der Waals surface area contributed by atoms with Gasteiger partial charge in [0.2, 0.25) is 0 Å². The molecule has 0 aliphatic rings. The molecule has 7 aromatic carbocycles. The van der Waals surface area contributed by atoms with Crippen molar-refractivity contribution in [1.82, 2.24) is 15.0 Å². The Morgan fingerprint density at radius 3 is 1.82 bits per heavy atom. The van der Waals surface area contributed by atoms with Crippen molar-refractivity contribution in [2.75, 3.05) is 0 Å². The molecule has 0 fully saturated rings. The SMILES string of the molecule is c1c(-c2ccc3ccccc3c2)ccc(-c2nc(-c3ccc(-c4cncc5ccccc45)cc3)cc(-c3cccc(-c4ccccc4)c3)n2)c#1. The summed E-state index contributed by atoms with van der Waals surface area (Å²) in [6, 6.07) is 63.7. The quantitative estimate of drug-likeness (QED) is 0.182. The zero-order valence-corrected chi connectivity index (χ0v) is 27.1. The summed E-state index contributed by atoms with van der Waals surface area (Å²) in [5, 5.41) is 4.71. The second-order valence-corrected chi connectivity index (χ2v) is 12.4. The van der Waals surface area contributed by atoms with E-state index in [-0.39, 0.29) is 0 Å². The van der Waals surface area contributed by atoms with Gasteiger partial charge < -0.3 is 0 Å². The Kier molecular flexibility index (Phi) is 7.38. The lowest BCUT2D eigenvalue weighted by atomic mass is 9.98. The van der Waals surface area contributed by atoms with E-state index in [2.05, 4.69) is 163 Å². The molecule has 0 aliphatic heterocycles. The number of hydrogen-bond acceptors (Lipinski definition) is 3. The van der Waals surface area contributed by atoms with Crippen LogP contribution in [-0.2, 0) is 0 Å². The Bertz CT molecular complexity index is 2620. The molecule has 0 atom stereocenters. The third kappa shape index (κ3) is 5.66. The first-order valence-electron chi connectivity index (χ1n) is 16.7. The van der Waals surface area contributed by atoms with Crippen LogP contribution in [0.3, 0.4) is 0 Å². The Morgan fingerprint density at radius 2 is 1.00 bits per heavy atom. The molecule has 3 nitrogen and oxygen atoms in total.